The zero-order valence-electron chi connectivity index (χ0n) is 12.1. The van der Waals surface area contributed by atoms with Crippen LogP contribution in [0.2, 0.25) is 0 Å². The van der Waals surface area contributed by atoms with E-state index < -0.39 is 0 Å². The van der Waals surface area contributed by atoms with E-state index in [0.29, 0.717) is 24.0 Å². The Morgan fingerprint density at radius 2 is 2.15 bits per heavy atom. The molecule has 1 aromatic rings. The van der Waals surface area contributed by atoms with Crippen molar-refractivity contribution in [3.63, 3.8) is 0 Å². The number of rotatable bonds is 6. The second-order valence-corrected chi connectivity index (χ2v) is 5.78. The quantitative estimate of drug-likeness (QED) is 0.818. The number of alkyl halides is 1. The summed E-state index contributed by atoms with van der Waals surface area (Å²) < 4.78 is 0. The summed E-state index contributed by atoms with van der Waals surface area (Å²) in [7, 11) is 2.15. The Morgan fingerprint density at radius 3 is 2.85 bits per heavy atom. The lowest BCUT2D eigenvalue weighted by atomic mass is 10.1. The topological polar surface area (TPSA) is 32.3 Å². The highest BCUT2D eigenvalue weighted by molar-refractivity contribution is 6.17. The van der Waals surface area contributed by atoms with E-state index in [1.807, 2.05) is 24.3 Å². The first-order valence-corrected chi connectivity index (χ1v) is 7.87. The van der Waals surface area contributed by atoms with Crippen LogP contribution >= 0.6 is 11.6 Å². The Bertz CT molecular complexity index is 444. The largest absolute Gasteiger partial charge is 0.351 e. The van der Waals surface area contributed by atoms with Gasteiger partial charge < -0.3 is 10.2 Å². The molecule has 110 valence electrons. The van der Waals surface area contributed by atoms with Crippen molar-refractivity contribution in [3.05, 3.63) is 35.4 Å². The highest BCUT2D eigenvalue weighted by Gasteiger charge is 2.19. The van der Waals surface area contributed by atoms with E-state index in [0.717, 1.165) is 12.1 Å². The average Bonchev–Trinajstić information content (AvgIpc) is 3.01. The fraction of sp³-hybridized carbons (Fsp3) is 0.562. The number of nitrogens with one attached hydrogen (secondary N) is 1. The van der Waals surface area contributed by atoms with Gasteiger partial charge in [-0.05, 0) is 37.6 Å². The van der Waals surface area contributed by atoms with Gasteiger partial charge >= 0.3 is 0 Å². The molecule has 1 aromatic carbocycles. The minimum Gasteiger partial charge on any atom is -0.351 e. The maximum Gasteiger partial charge on any atom is 0.251 e. The number of benzene rings is 1. The molecule has 0 heterocycles. The molecule has 20 heavy (non-hydrogen) atoms. The van der Waals surface area contributed by atoms with E-state index in [1.54, 1.807) is 0 Å². The first-order valence-electron chi connectivity index (χ1n) is 7.34. The van der Waals surface area contributed by atoms with Gasteiger partial charge in [0.25, 0.3) is 5.91 Å². The summed E-state index contributed by atoms with van der Waals surface area (Å²) in [5.74, 6) is 0.419. The highest BCUT2D eigenvalue weighted by atomic mass is 35.5. The number of nitrogens with zero attached hydrogens (tertiary/aromatic N) is 1. The average molecular weight is 295 g/mol. The molecule has 1 aliphatic rings. The molecule has 3 nitrogen and oxygen atoms in total. The van der Waals surface area contributed by atoms with Crippen LogP contribution in [0.4, 0.5) is 0 Å². The SMILES string of the molecule is CN(CCNC(=O)c1cccc(CCl)c1)C1CCCC1. The zero-order chi connectivity index (χ0) is 14.4. The summed E-state index contributed by atoms with van der Waals surface area (Å²) in [5, 5.41) is 2.98. The first-order chi connectivity index (χ1) is 9.70. The van der Waals surface area contributed by atoms with Gasteiger partial charge in [-0.3, -0.25) is 4.79 Å². The predicted molar refractivity (Wildman–Crippen MR) is 83.2 cm³/mol. The van der Waals surface area contributed by atoms with Crippen molar-refractivity contribution < 1.29 is 4.79 Å². The van der Waals surface area contributed by atoms with Gasteiger partial charge in [0.05, 0.1) is 0 Å². The molecule has 2 rings (SSSR count). The second kappa shape index (κ2) is 7.65. The maximum absolute atomic E-state index is 12.0. The molecule has 1 fully saturated rings. The standard InChI is InChI=1S/C16H23ClN2O/c1-19(15-7-2-3-8-15)10-9-18-16(20)14-6-4-5-13(11-14)12-17/h4-6,11,15H,2-3,7-10,12H2,1H3,(H,18,20). The van der Waals surface area contributed by atoms with Crippen LogP contribution in [0.5, 0.6) is 0 Å². The number of hydrogen-bond donors (Lipinski definition) is 1. The summed E-state index contributed by atoms with van der Waals surface area (Å²) in [6.07, 6.45) is 5.27. The molecule has 0 unspecified atom stereocenters. The Kier molecular flexibility index (Phi) is 5.86. The Labute approximate surface area is 126 Å². The summed E-state index contributed by atoms with van der Waals surface area (Å²) in [6.45, 7) is 1.60. The Hall–Kier alpha value is -1.06. The minimum atomic E-state index is -0.0169. The maximum atomic E-state index is 12.0. The van der Waals surface area contributed by atoms with Crippen molar-refractivity contribution in [1.82, 2.24) is 10.2 Å². The van der Waals surface area contributed by atoms with Crippen molar-refractivity contribution in [3.8, 4) is 0 Å². The molecule has 0 bridgehead atoms. The third-order valence-electron chi connectivity index (χ3n) is 4.04. The van der Waals surface area contributed by atoms with E-state index in [1.165, 1.54) is 25.7 Å². The van der Waals surface area contributed by atoms with E-state index in [2.05, 4.69) is 17.3 Å². The molecule has 0 atom stereocenters. The second-order valence-electron chi connectivity index (χ2n) is 5.51. The lowest BCUT2D eigenvalue weighted by Crippen LogP contribution is -2.37. The van der Waals surface area contributed by atoms with E-state index in [-0.39, 0.29) is 5.91 Å². The summed E-state index contributed by atoms with van der Waals surface area (Å²) in [4.78, 5) is 14.4. The van der Waals surface area contributed by atoms with Crippen LogP contribution in [-0.4, -0.2) is 37.0 Å². The van der Waals surface area contributed by atoms with Crippen LogP contribution in [-0.2, 0) is 5.88 Å². The van der Waals surface area contributed by atoms with Crippen LogP contribution < -0.4 is 5.32 Å². The summed E-state index contributed by atoms with van der Waals surface area (Å²) >= 11 is 5.78. The Balaban J connectivity index is 1.76. The third kappa shape index (κ3) is 4.22. The summed E-state index contributed by atoms with van der Waals surface area (Å²) in [5.41, 5.74) is 1.66. The normalized spacial score (nSPS) is 15.8. The van der Waals surface area contributed by atoms with Crippen LogP contribution in [0.15, 0.2) is 24.3 Å². The minimum absolute atomic E-state index is 0.0169. The Morgan fingerprint density at radius 1 is 1.40 bits per heavy atom. The van der Waals surface area contributed by atoms with Crippen molar-refractivity contribution >= 4 is 17.5 Å². The lowest BCUT2D eigenvalue weighted by molar-refractivity contribution is 0.0947. The van der Waals surface area contributed by atoms with E-state index in [9.17, 15) is 4.79 Å². The lowest BCUT2D eigenvalue weighted by Gasteiger charge is -2.23. The van der Waals surface area contributed by atoms with Crippen molar-refractivity contribution in [2.75, 3.05) is 20.1 Å². The number of likely N-dealkylation sites (N-methyl/N-ethyl adjacent to an activating group) is 1. The molecule has 0 aliphatic heterocycles. The van der Waals surface area contributed by atoms with Crippen molar-refractivity contribution in [2.45, 2.75) is 37.6 Å². The van der Waals surface area contributed by atoms with E-state index >= 15 is 0 Å². The number of amides is 1. The van der Waals surface area contributed by atoms with Gasteiger partial charge in [-0.2, -0.15) is 0 Å². The molecule has 1 amide bonds. The molecular formula is C16H23ClN2O. The van der Waals surface area contributed by atoms with Crippen molar-refractivity contribution in [1.29, 1.82) is 0 Å². The predicted octanol–water partition coefficient (Wildman–Crippen LogP) is 3.03. The molecule has 0 spiro atoms. The molecular weight excluding hydrogens is 272 g/mol. The van der Waals surface area contributed by atoms with Gasteiger partial charge in [0.15, 0.2) is 0 Å². The molecule has 4 heteroatoms. The van der Waals surface area contributed by atoms with Gasteiger partial charge in [0.2, 0.25) is 0 Å². The van der Waals surface area contributed by atoms with Crippen LogP contribution in [0.1, 0.15) is 41.6 Å². The number of carbonyl (C=O) groups excluding carboxylic acids is 1. The van der Waals surface area contributed by atoms with Gasteiger partial charge in [-0.15, -0.1) is 11.6 Å². The highest BCUT2D eigenvalue weighted by Crippen LogP contribution is 2.21. The molecule has 1 N–H and O–H groups in total. The van der Waals surface area contributed by atoms with Gasteiger partial charge in [-0.1, -0.05) is 25.0 Å². The third-order valence-corrected chi connectivity index (χ3v) is 4.35. The monoisotopic (exact) mass is 294 g/mol. The molecule has 0 aromatic heterocycles. The van der Waals surface area contributed by atoms with Gasteiger partial charge in [0.1, 0.15) is 0 Å². The van der Waals surface area contributed by atoms with Crippen LogP contribution in [0, 0.1) is 0 Å². The fourth-order valence-electron chi connectivity index (χ4n) is 2.77. The van der Waals surface area contributed by atoms with Gasteiger partial charge in [-0.25, -0.2) is 0 Å². The van der Waals surface area contributed by atoms with E-state index in [4.69, 9.17) is 11.6 Å². The summed E-state index contributed by atoms with van der Waals surface area (Å²) in [6, 6.07) is 8.18. The zero-order valence-corrected chi connectivity index (χ0v) is 12.8. The number of halogens is 1. The fourth-order valence-corrected chi connectivity index (χ4v) is 2.94. The smallest absolute Gasteiger partial charge is 0.251 e. The number of hydrogen-bond acceptors (Lipinski definition) is 2. The van der Waals surface area contributed by atoms with Crippen LogP contribution in [0.25, 0.3) is 0 Å². The molecule has 0 radical (unpaired) electrons. The first kappa shape index (κ1) is 15.3. The van der Waals surface area contributed by atoms with Crippen molar-refractivity contribution in [2.24, 2.45) is 0 Å². The molecule has 0 saturated heterocycles. The molecule has 1 aliphatic carbocycles. The molecule has 1 saturated carbocycles. The van der Waals surface area contributed by atoms with Crippen LogP contribution in [0.3, 0.4) is 0 Å². The number of carbonyl (C=O) groups is 1. The van der Waals surface area contributed by atoms with Gasteiger partial charge in [0, 0.05) is 30.6 Å².